The lowest BCUT2D eigenvalue weighted by molar-refractivity contribution is 0.350. The van der Waals surface area contributed by atoms with Gasteiger partial charge in [-0.05, 0) is 148 Å². The molecule has 8 aromatic rings. The summed E-state index contributed by atoms with van der Waals surface area (Å²) in [4.78, 5) is 5.28. The van der Waals surface area contributed by atoms with Crippen LogP contribution in [0.5, 0.6) is 0 Å². The molecule has 2 nitrogen and oxygen atoms in total. The Morgan fingerprint density at radius 3 is 1.41 bits per heavy atom. The Balaban J connectivity index is 1.51. The number of rotatable bonds is 4. The zero-order valence-corrected chi connectivity index (χ0v) is 38.9. The van der Waals surface area contributed by atoms with Crippen molar-refractivity contribution in [1.29, 1.82) is 0 Å². The van der Waals surface area contributed by atoms with Crippen LogP contribution >= 0.6 is 45.3 Å². The van der Waals surface area contributed by atoms with Crippen LogP contribution in [0.4, 0.5) is 28.4 Å². The van der Waals surface area contributed by atoms with Gasteiger partial charge in [-0.25, -0.2) is 0 Å². The highest BCUT2D eigenvalue weighted by molar-refractivity contribution is 7.40. The molecule has 296 valence electrons. The van der Waals surface area contributed by atoms with Gasteiger partial charge in [0.15, 0.2) is 0 Å². The van der Waals surface area contributed by atoms with Gasteiger partial charge in [0, 0.05) is 52.9 Å². The van der Waals surface area contributed by atoms with Crippen molar-refractivity contribution in [2.75, 3.05) is 9.80 Å². The lowest BCUT2D eigenvalue weighted by Gasteiger charge is -2.49. The standard InChI is InChI=1S/C53H50N2S4/c1-29-31(3)35(7)47-45(33(29)5)56-49-43(54(37-21-13-11-14-22-37)38-23-15-12-16-24-38)50-52(59-48-36(8)32(4)30(2)34(6)46(48)57-50)44(51(49)58-47)55-41-27-19-17-25-39(41)53(9,10)40-26-18-20-28-42(40)55/h11-25,27-28,40H,26H2,1-10H3. The van der Waals surface area contributed by atoms with E-state index in [0.29, 0.717) is 5.92 Å². The van der Waals surface area contributed by atoms with Crippen LogP contribution in [0.2, 0.25) is 0 Å². The quantitative estimate of drug-likeness (QED) is 0.163. The highest BCUT2D eigenvalue weighted by atomic mass is 32.1. The highest BCUT2D eigenvalue weighted by Gasteiger charge is 2.44. The van der Waals surface area contributed by atoms with E-state index in [0.717, 1.165) is 17.8 Å². The minimum absolute atomic E-state index is 0.0329. The van der Waals surface area contributed by atoms with Crippen molar-refractivity contribution in [2.45, 2.75) is 81.1 Å². The maximum atomic E-state index is 2.72. The van der Waals surface area contributed by atoms with Crippen molar-refractivity contribution < 1.29 is 0 Å². The minimum Gasteiger partial charge on any atom is -0.311 e. The van der Waals surface area contributed by atoms with Crippen molar-refractivity contribution in [2.24, 2.45) is 5.92 Å². The van der Waals surface area contributed by atoms with E-state index in [2.05, 4.69) is 182 Å². The van der Waals surface area contributed by atoms with Crippen LogP contribution in [0, 0.1) is 61.3 Å². The van der Waals surface area contributed by atoms with Gasteiger partial charge in [0.05, 0.1) is 30.2 Å². The molecule has 0 amide bonds. The number of hydrogen-bond acceptors (Lipinski definition) is 6. The molecule has 1 aliphatic heterocycles. The smallest absolute Gasteiger partial charge is 0.0838 e. The zero-order valence-electron chi connectivity index (χ0n) is 35.6. The largest absolute Gasteiger partial charge is 0.311 e. The number of para-hydroxylation sites is 3. The van der Waals surface area contributed by atoms with Crippen LogP contribution < -0.4 is 9.80 Å². The highest BCUT2D eigenvalue weighted by Crippen LogP contribution is 2.61. The second kappa shape index (κ2) is 14.2. The molecule has 3 heterocycles. The number of anilines is 5. The predicted molar refractivity (Wildman–Crippen MR) is 265 cm³/mol. The van der Waals surface area contributed by atoms with E-state index in [-0.39, 0.29) is 5.41 Å². The van der Waals surface area contributed by atoms with E-state index in [1.807, 2.05) is 45.3 Å². The first-order chi connectivity index (χ1) is 28.4. The van der Waals surface area contributed by atoms with Crippen molar-refractivity contribution in [3.05, 3.63) is 159 Å². The molecule has 59 heavy (non-hydrogen) atoms. The molecule has 1 aliphatic carbocycles. The number of fused-ring (bicyclic) bond motifs is 6. The maximum Gasteiger partial charge on any atom is 0.0838 e. The Labute approximate surface area is 364 Å². The topological polar surface area (TPSA) is 6.48 Å². The molecule has 6 heteroatoms. The number of nitrogens with zero attached hydrogens (tertiary/aromatic N) is 2. The van der Waals surface area contributed by atoms with Crippen LogP contribution in [0.25, 0.3) is 37.6 Å². The number of aryl methyl sites for hydroxylation is 4. The van der Waals surface area contributed by atoms with Crippen molar-refractivity contribution >= 4 is 111 Å². The first kappa shape index (κ1) is 38.5. The molecule has 10 rings (SSSR count). The monoisotopic (exact) mass is 842 g/mol. The normalized spacial score (nSPS) is 15.9. The van der Waals surface area contributed by atoms with Crippen molar-refractivity contribution in [1.82, 2.24) is 0 Å². The van der Waals surface area contributed by atoms with Gasteiger partial charge in [0.2, 0.25) is 0 Å². The fourth-order valence-electron chi connectivity index (χ4n) is 9.67. The molecule has 0 saturated carbocycles. The van der Waals surface area contributed by atoms with Crippen LogP contribution in [0.1, 0.15) is 70.3 Å². The van der Waals surface area contributed by atoms with E-state index in [1.54, 1.807) is 0 Å². The summed E-state index contributed by atoms with van der Waals surface area (Å²) in [6.45, 7) is 23.6. The van der Waals surface area contributed by atoms with Gasteiger partial charge in [-0.1, -0.05) is 80.6 Å². The summed E-state index contributed by atoms with van der Waals surface area (Å²) in [5.74, 6) is 0.336. The molecule has 0 fully saturated rings. The Morgan fingerprint density at radius 2 is 0.932 bits per heavy atom. The van der Waals surface area contributed by atoms with Crippen molar-refractivity contribution in [3.63, 3.8) is 0 Å². The third-order valence-corrected chi connectivity index (χ3v) is 19.6. The minimum atomic E-state index is -0.0329. The van der Waals surface area contributed by atoms with Crippen LogP contribution in [-0.2, 0) is 5.41 Å². The zero-order chi connectivity index (χ0) is 41.1. The third-order valence-electron chi connectivity index (χ3n) is 13.8. The molecular weight excluding hydrogens is 793 g/mol. The second-order valence-electron chi connectivity index (χ2n) is 17.1. The SMILES string of the molecule is Cc1c(C)c(C)c2sc3c(N(c4ccccc4)c4ccccc4)c4sc5c(C)c(C)c(C)c(C)c5sc4c(N4C5=CC=CCC5C(C)(C)c5ccccc54)c3sc2c1C. The lowest BCUT2D eigenvalue weighted by Crippen LogP contribution is -2.42. The van der Waals surface area contributed by atoms with E-state index >= 15 is 0 Å². The van der Waals surface area contributed by atoms with E-state index < -0.39 is 0 Å². The van der Waals surface area contributed by atoms with Crippen LogP contribution in [0.15, 0.2) is 109 Å². The van der Waals surface area contributed by atoms with E-state index in [9.17, 15) is 0 Å². The molecule has 0 spiro atoms. The summed E-state index contributed by atoms with van der Waals surface area (Å²) in [5, 5.41) is 0. The molecule has 6 aromatic carbocycles. The number of hydrogen-bond donors (Lipinski definition) is 0. The van der Waals surface area contributed by atoms with Gasteiger partial charge in [-0.2, -0.15) is 0 Å². The summed E-state index contributed by atoms with van der Waals surface area (Å²) in [6.07, 6.45) is 8.12. The Kier molecular flexibility index (Phi) is 9.26. The average molecular weight is 843 g/mol. The summed E-state index contributed by atoms with van der Waals surface area (Å²) < 4.78 is 10.9. The van der Waals surface area contributed by atoms with E-state index in [4.69, 9.17) is 0 Å². The first-order valence-electron chi connectivity index (χ1n) is 20.7. The summed E-state index contributed by atoms with van der Waals surface area (Å²) >= 11 is 8.03. The summed E-state index contributed by atoms with van der Waals surface area (Å²) in [5.41, 5.74) is 20.1. The van der Waals surface area contributed by atoms with Gasteiger partial charge in [-0.3, -0.25) is 0 Å². The fourth-order valence-corrected chi connectivity index (χ4v) is 15.7. The Bertz CT molecular complexity index is 2990. The number of allylic oxidation sites excluding steroid dienone is 4. The Morgan fingerprint density at radius 1 is 0.508 bits per heavy atom. The molecule has 2 aromatic heterocycles. The molecule has 0 bridgehead atoms. The summed E-state index contributed by atoms with van der Waals surface area (Å²) in [7, 11) is 0. The van der Waals surface area contributed by atoms with E-state index in [1.165, 1.54) is 110 Å². The molecule has 0 saturated heterocycles. The molecule has 2 aliphatic rings. The van der Waals surface area contributed by atoms with Crippen LogP contribution in [0.3, 0.4) is 0 Å². The predicted octanol–water partition coefficient (Wildman–Crippen LogP) is 17.5. The van der Waals surface area contributed by atoms with Gasteiger partial charge >= 0.3 is 0 Å². The Hall–Kier alpha value is -4.72. The molecular formula is C53H50N2S4. The molecule has 1 atom stereocenters. The summed E-state index contributed by atoms with van der Waals surface area (Å²) in [6, 6.07) is 31.4. The molecule has 0 radical (unpaired) electrons. The fraction of sp³-hybridized carbons (Fsp3) is 0.245. The maximum absolute atomic E-state index is 2.72. The van der Waals surface area contributed by atoms with Crippen molar-refractivity contribution in [3.8, 4) is 0 Å². The molecule has 0 N–H and O–H groups in total. The van der Waals surface area contributed by atoms with Gasteiger partial charge < -0.3 is 9.80 Å². The van der Waals surface area contributed by atoms with Gasteiger partial charge in [0.1, 0.15) is 0 Å². The second-order valence-corrected chi connectivity index (χ2v) is 21.2. The average Bonchev–Trinajstić information content (AvgIpc) is 3.26. The van der Waals surface area contributed by atoms with Gasteiger partial charge in [-0.15, -0.1) is 45.3 Å². The lowest BCUT2D eigenvalue weighted by atomic mass is 9.66. The van der Waals surface area contributed by atoms with Crippen LogP contribution in [-0.4, -0.2) is 0 Å². The van der Waals surface area contributed by atoms with Gasteiger partial charge in [0.25, 0.3) is 0 Å². The number of benzene rings is 6. The first-order valence-corrected chi connectivity index (χ1v) is 24.0. The molecule has 1 unspecified atom stereocenters. The third kappa shape index (κ3) is 5.66.